The van der Waals surface area contributed by atoms with Gasteiger partial charge in [0, 0.05) is 21.8 Å². The summed E-state index contributed by atoms with van der Waals surface area (Å²) in [4.78, 5) is 26.3. The fourth-order valence-electron chi connectivity index (χ4n) is 2.37. The molecule has 4 aromatic rings. The molecule has 120 valence electrons. The largest absolute Gasteiger partial charge is 2.00 e. The number of hydrogen-bond acceptors (Lipinski definition) is 4. The maximum atomic E-state index is 10.4. The number of para-hydroxylation sites is 2. The number of aromatic amines is 2. The second kappa shape index (κ2) is 7.87. The number of carbonyl (C=O) groups excluding carboxylic acids is 2. The van der Waals surface area contributed by atoms with Crippen molar-refractivity contribution in [3.63, 3.8) is 0 Å². The van der Waals surface area contributed by atoms with E-state index in [2.05, 4.69) is 9.97 Å². The molecule has 0 radical (unpaired) electrons. The smallest absolute Gasteiger partial charge is 0.543 e. The van der Waals surface area contributed by atoms with Crippen LogP contribution in [0.2, 0.25) is 0 Å². The second-order valence-corrected chi connectivity index (χ2v) is 5.12. The van der Waals surface area contributed by atoms with Gasteiger partial charge >= 0.3 is 23.1 Å². The van der Waals surface area contributed by atoms with Gasteiger partial charge in [0.1, 0.15) is 0 Å². The minimum absolute atomic E-state index is 0. The number of aromatic nitrogens is 2. The van der Waals surface area contributed by atoms with E-state index in [-0.39, 0.29) is 34.4 Å². The van der Waals surface area contributed by atoms with Gasteiger partial charge in [-0.05, 0) is 24.3 Å². The van der Waals surface area contributed by atoms with Crippen molar-refractivity contribution in [3.8, 4) is 0 Å². The van der Waals surface area contributed by atoms with E-state index in [0.717, 1.165) is 21.8 Å². The maximum Gasteiger partial charge on any atom is 2.00 e. The van der Waals surface area contributed by atoms with Gasteiger partial charge in [0.2, 0.25) is 0 Å². The first-order valence-corrected chi connectivity index (χ1v) is 7.13. The number of H-pyrrole nitrogens is 2. The first-order valence-electron chi connectivity index (χ1n) is 7.13. The molecule has 2 heterocycles. The number of nitrogens with one attached hydrogen (secondary N) is 2. The molecule has 0 saturated heterocycles. The molecule has 2 aromatic heterocycles. The van der Waals surface area contributed by atoms with Gasteiger partial charge in [-0.3, -0.25) is 0 Å². The Morgan fingerprint density at radius 1 is 0.680 bits per heavy atom. The van der Waals surface area contributed by atoms with Crippen LogP contribution in [0.15, 0.2) is 60.7 Å². The minimum Gasteiger partial charge on any atom is -0.543 e. The SMILES string of the molecule is O=C([O-])c1cc2ccccc2[nH]1.O=C([O-])c1cc2ccccc2[nH]1.[Mg+2]. The average molecular weight is 345 g/mol. The first-order chi connectivity index (χ1) is 11.5. The zero-order chi connectivity index (χ0) is 17.1. The van der Waals surface area contributed by atoms with E-state index >= 15 is 0 Å². The summed E-state index contributed by atoms with van der Waals surface area (Å²) in [5.74, 6) is -2.35. The standard InChI is InChI=1S/2C9H7NO2.Mg/c2*11-9(12)8-5-6-3-1-2-4-7(6)10-8;/h2*1-5,10H,(H,11,12);/q;;+2/p-2. The molecule has 2 N–H and O–H groups in total. The van der Waals surface area contributed by atoms with Crippen LogP contribution in [0.25, 0.3) is 21.8 Å². The molecule has 0 aliphatic rings. The Labute approximate surface area is 158 Å². The molecule has 0 atom stereocenters. The number of carboxylic acids is 2. The van der Waals surface area contributed by atoms with Crippen LogP contribution in [0.5, 0.6) is 0 Å². The molecule has 0 bridgehead atoms. The Hall–Kier alpha value is -2.77. The van der Waals surface area contributed by atoms with Crippen molar-refractivity contribution in [1.29, 1.82) is 0 Å². The van der Waals surface area contributed by atoms with Crippen molar-refractivity contribution >= 4 is 56.8 Å². The van der Waals surface area contributed by atoms with Crippen LogP contribution in [-0.2, 0) is 0 Å². The van der Waals surface area contributed by atoms with Crippen LogP contribution in [0.3, 0.4) is 0 Å². The van der Waals surface area contributed by atoms with Crippen LogP contribution in [0.4, 0.5) is 0 Å². The fraction of sp³-hybridized carbons (Fsp3) is 0. The van der Waals surface area contributed by atoms with Gasteiger partial charge in [-0.2, -0.15) is 0 Å². The monoisotopic (exact) mass is 344 g/mol. The van der Waals surface area contributed by atoms with E-state index in [1.165, 1.54) is 0 Å². The third kappa shape index (κ3) is 4.20. The molecule has 0 spiro atoms. The quantitative estimate of drug-likeness (QED) is 0.521. The summed E-state index contributed by atoms with van der Waals surface area (Å²) in [7, 11) is 0. The van der Waals surface area contributed by atoms with Crippen LogP contribution in [0.1, 0.15) is 21.0 Å². The van der Waals surface area contributed by atoms with Gasteiger partial charge in [0.25, 0.3) is 0 Å². The number of aromatic carboxylic acids is 2. The molecule has 4 rings (SSSR count). The van der Waals surface area contributed by atoms with Crippen LogP contribution in [0, 0.1) is 0 Å². The summed E-state index contributed by atoms with van der Waals surface area (Å²) >= 11 is 0. The summed E-state index contributed by atoms with van der Waals surface area (Å²) in [6, 6.07) is 17.9. The molecule has 25 heavy (non-hydrogen) atoms. The molecule has 0 amide bonds. The third-order valence-corrected chi connectivity index (χ3v) is 3.50. The number of hydrogen-bond donors (Lipinski definition) is 2. The predicted molar refractivity (Wildman–Crippen MR) is 91.0 cm³/mol. The van der Waals surface area contributed by atoms with Crippen molar-refractivity contribution in [1.82, 2.24) is 9.97 Å². The first kappa shape index (κ1) is 18.6. The van der Waals surface area contributed by atoms with Crippen molar-refractivity contribution in [2.24, 2.45) is 0 Å². The van der Waals surface area contributed by atoms with Crippen LogP contribution in [-0.4, -0.2) is 45.0 Å². The number of fused-ring (bicyclic) bond motifs is 2. The predicted octanol–water partition coefficient (Wildman–Crippen LogP) is 0.682. The van der Waals surface area contributed by atoms with Crippen molar-refractivity contribution in [2.75, 3.05) is 0 Å². The minimum atomic E-state index is -1.17. The molecular weight excluding hydrogens is 333 g/mol. The third-order valence-electron chi connectivity index (χ3n) is 3.50. The zero-order valence-electron chi connectivity index (χ0n) is 13.1. The average Bonchev–Trinajstić information content (AvgIpc) is 3.19. The Morgan fingerprint density at radius 3 is 1.36 bits per heavy atom. The van der Waals surface area contributed by atoms with Gasteiger partial charge in [-0.1, -0.05) is 36.4 Å². The van der Waals surface area contributed by atoms with Gasteiger partial charge in [0.15, 0.2) is 0 Å². The molecular formula is C18H12MgN2O4. The molecule has 0 unspecified atom stereocenters. The van der Waals surface area contributed by atoms with E-state index in [0.29, 0.717) is 0 Å². The summed E-state index contributed by atoms with van der Waals surface area (Å²) in [6.07, 6.45) is 0. The molecule has 2 aromatic carbocycles. The van der Waals surface area contributed by atoms with Gasteiger partial charge < -0.3 is 29.8 Å². The fourth-order valence-corrected chi connectivity index (χ4v) is 2.37. The number of carboxylic acid groups (broad SMARTS) is 2. The van der Waals surface area contributed by atoms with Crippen molar-refractivity contribution < 1.29 is 19.8 Å². The Morgan fingerprint density at radius 2 is 1.04 bits per heavy atom. The number of carbonyl (C=O) groups is 2. The Balaban J connectivity index is 0.000000173. The molecule has 0 fully saturated rings. The van der Waals surface area contributed by atoms with E-state index < -0.39 is 11.9 Å². The zero-order valence-corrected chi connectivity index (χ0v) is 14.5. The van der Waals surface area contributed by atoms with Gasteiger partial charge in [-0.15, -0.1) is 0 Å². The van der Waals surface area contributed by atoms with E-state index in [4.69, 9.17) is 0 Å². The molecule has 0 aliphatic heterocycles. The maximum absolute atomic E-state index is 10.4. The normalized spacial score (nSPS) is 9.92. The van der Waals surface area contributed by atoms with Crippen molar-refractivity contribution in [2.45, 2.75) is 0 Å². The molecule has 6 nitrogen and oxygen atoms in total. The number of rotatable bonds is 2. The second-order valence-electron chi connectivity index (χ2n) is 5.12. The van der Waals surface area contributed by atoms with E-state index in [9.17, 15) is 19.8 Å². The Bertz CT molecular complexity index is 886. The molecule has 7 heteroatoms. The Kier molecular flexibility index (Phi) is 5.84. The van der Waals surface area contributed by atoms with Crippen LogP contribution >= 0.6 is 0 Å². The van der Waals surface area contributed by atoms with Crippen LogP contribution < -0.4 is 10.2 Å². The van der Waals surface area contributed by atoms with Crippen molar-refractivity contribution in [3.05, 3.63) is 72.1 Å². The summed E-state index contributed by atoms with van der Waals surface area (Å²) < 4.78 is 0. The summed E-state index contributed by atoms with van der Waals surface area (Å²) in [6.45, 7) is 0. The summed E-state index contributed by atoms with van der Waals surface area (Å²) in [5.41, 5.74) is 1.88. The number of benzene rings is 2. The summed E-state index contributed by atoms with van der Waals surface area (Å²) in [5, 5.41) is 22.6. The van der Waals surface area contributed by atoms with Gasteiger partial charge in [0.05, 0.1) is 23.3 Å². The van der Waals surface area contributed by atoms with E-state index in [1.807, 2.05) is 48.5 Å². The van der Waals surface area contributed by atoms with Gasteiger partial charge in [-0.25, -0.2) is 0 Å². The molecule has 0 aliphatic carbocycles. The molecule has 0 saturated carbocycles. The van der Waals surface area contributed by atoms with E-state index in [1.54, 1.807) is 12.1 Å². The topological polar surface area (TPSA) is 112 Å².